The van der Waals surface area contributed by atoms with E-state index in [1.807, 2.05) is 20.8 Å². The number of rotatable bonds is 3. The molecule has 0 radical (unpaired) electrons. The molecular formula is C13H17FO. The molecule has 0 saturated carbocycles. The predicted molar refractivity (Wildman–Crippen MR) is 59.1 cm³/mol. The molecule has 1 nitrogen and oxygen atoms in total. The van der Waals surface area contributed by atoms with E-state index in [1.54, 1.807) is 12.1 Å². The van der Waals surface area contributed by atoms with Crippen LogP contribution in [0.15, 0.2) is 24.3 Å². The second-order valence-electron chi connectivity index (χ2n) is 4.94. The minimum absolute atomic E-state index is 0.0250. The van der Waals surface area contributed by atoms with Gasteiger partial charge in [0.1, 0.15) is 12.1 Å². The van der Waals surface area contributed by atoms with E-state index < -0.39 is 0 Å². The number of benzene rings is 1. The third-order valence-corrected chi connectivity index (χ3v) is 2.65. The van der Waals surface area contributed by atoms with Gasteiger partial charge >= 0.3 is 0 Å². The number of hydrogen-bond acceptors (Lipinski definition) is 1. The zero-order chi connectivity index (χ0) is 11.5. The lowest BCUT2D eigenvalue weighted by Gasteiger charge is -2.25. The highest BCUT2D eigenvalue weighted by molar-refractivity contribution is 5.55. The lowest BCUT2D eigenvalue weighted by atomic mass is 9.78. The minimum Gasteiger partial charge on any atom is -0.303 e. The zero-order valence-corrected chi connectivity index (χ0v) is 9.46. The molecule has 0 aliphatic carbocycles. The second-order valence-corrected chi connectivity index (χ2v) is 4.94. The molecule has 0 saturated heterocycles. The van der Waals surface area contributed by atoms with Crippen LogP contribution in [0.5, 0.6) is 0 Å². The molecule has 0 aliphatic rings. The molecule has 1 aromatic rings. The first kappa shape index (κ1) is 11.9. The van der Waals surface area contributed by atoms with Gasteiger partial charge in [-0.2, -0.15) is 0 Å². The van der Waals surface area contributed by atoms with Gasteiger partial charge in [-0.15, -0.1) is 0 Å². The highest BCUT2D eigenvalue weighted by Gasteiger charge is 2.23. The summed E-state index contributed by atoms with van der Waals surface area (Å²) in [7, 11) is 0. The van der Waals surface area contributed by atoms with Crippen molar-refractivity contribution in [2.45, 2.75) is 27.2 Å². The predicted octanol–water partition coefficient (Wildman–Crippen LogP) is 3.23. The fourth-order valence-electron chi connectivity index (χ4n) is 1.43. The summed E-state index contributed by atoms with van der Waals surface area (Å²) in [5, 5.41) is 0. The SMILES string of the molecule is CC(C)(C)C(C=O)Cc1ccc(F)cc1. The monoisotopic (exact) mass is 208 g/mol. The molecule has 0 N–H and O–H groups in total. The van der Waals surface area contributed by atoms with Crippen molar-refractivity contribution in [3.05, 3.63) is 35.6 Å². The second kappa shape index (κ2) is 4.56. The van der Waals surface area contributed by atoms with Crippen LogP contribution in [-0.4, -0.2) is 6.29 Å². The van der Waals surface area contributed by atoms with Crippen LogP contribution in [0.4, 0.5) is 4.39 Å². The summed E-state index contributed by atoms with van der Waals surface area (Å²) < 4.78 is 12.7. The molecule has 1 unspecified atom stereocenters. The van der Waals surface area contributed by atoms with E-state index in [2.05, 4.69) is 0 Å². The number of carbonyl (C=O) groups is 1. The van der Waals surface area contributed by atoms with E-state index in [4.69, 9.17) is 0 Å². The molecule has 1 aromatic carbocycles. The summed E-state index contributed by atoms with van der Waals surface area (Å²) in [6.07, 6.45) is 1.66. The van der Waals surface area contributed by atoms with E-state index in [0.717, 1.165) is 11.8 Å². The Hall–Kier alpha value is -1.18. The van der Waals surface area contributed by atoms with Crippen LogP contribution in [0.2, 0.25) is 0 Å². The average Bonchev–Trinajstić information content (AvgIpc) is 2.15. The number of aldehydes is 1. The first-order valence-electron chi connectivity index (χ1n) is 5.13. The van der Waals surface area contributed by atoms with Crippen molar-refractivity contribution in [2.24, 2.45) is 11.3 Å². The fraction of sp³-hybridized carbons (Fsp3) is 0.462. The summed E-state index contributed by atoms with van der Waals surface area (Å²) in [4.78, 5) is 10.9. The number of halogens is 1. The van der Waals surface area contributed by atoms with Gasteiger partial charge in [0, 0.05) is 5.92 Å². The largest absolute Gasteiger partial charge is 0.303 e. The van der Waals surface area contributed by atoms with Gasteiger partial charge in [0.15, 0.2) is 0 Å². The van der Waals surface area contributed by atoms with Gasteiger partial charge in [-0.3, -0.25) is 0 Å². The van der Waals surface area contributed by atoms with Crippen LogP contribution in [-0.2, 0) is 11.2 Å². The van der Waals surface area contributed by atoms with Crippen molar-refractivity contribution in [1.82, 2.24) is 0 Å². The van der Waals surface area contributed by atoms with Crippen molar-refractivity contribution in [2.75, 3.05) is 0 Å². The normalized spacial score (nSPS) is 13.6. The van der Waals surface area contributed by atoms with Gasteiger partial charge in [-0.1, -0.05) is 32.9 Å². The maximum Gasteiger partial charge on any atom is 0.123 e. The highest BCUT2D eigenvalue weighted by atomic mass is 19.1. The maximum absolute atomic E-state index is 12.7. The minimum atomic E-state index is -0.239. The van der Waals surface area contributed by atoms with Crippen molar-refractivity contribution in [1.29, 1.82) is 0 Å². The zero-order valence-electron chi connectivity index (χ0n) is 9.46. The third kappa shape index (κ3) is 3.46. The number of carbonyl (C=O) groups excluding carboxylic acids is 1. The van der Waals surface area contributed by atoms with Gasteiger partial charge in [0.25, 0.3) is 0 Å². The molecule has 2 heteroatoms. The Morgan fingerprint density at radius 1 is 1.27 bits per heavy atom. The highest BCUT2D eigenvalue weighted by Crippen LogP contribution is 2.27. The average molecular weight is 208 g/mol. The molecule has 0 bridgehead atoms. The quantitative estimate of drug-likeness (QED) is 0.697. The van der Waals surface area contributed by atoms with Gasteiger partial charge in [-0.25, -0.2) is 4.39 Å². The lowest BCUT2D eigenvalue weighted by molar-refractivity contribution is -0.113. The molecule has 1 atom stereocenters. The van der Waals surface area contributed by atoms with Crippen molar-refractivity contribution < 1.29 is 9.18 Å². The van der Waals surface area contributed by atoms with Gasteiger partial charge in [0.05, 0.1) is 0 Å². The molecule has 0 amide bonds. The molecule has 15 heavy (non-hydrogen) atoms. The molecule has 0 heterocycles. The molecule has 0 aliphatic heterocycles. The van der Waals surface area contributed by atoms with E-state index in [1.165, 1.54) is 12.1 Å². The van der Waals surface area contributed by atoms with E-state index in [0.29, 0.717) is 6.42 Å². The molecule has 0 spiro atoms. The molecular weight excluding hydrogens is 191 g/mol. The first-order valence-corrected chi connectivity index (χ1v) is 5.13. The Morgan fingerprint density at radius 3 is 2.20 bits per heavy atom. The molecule has 0 fully saturated rings. The summed E-state index contributed by atoms with van der Waals surface area (Å²) >= 11 is 0. The van der Waals surface area contributed by atoms with E-state index in [9.17, 15) is 9.18 Å². The van der Waals surface area contributed by atoms with E-state index >= 15 is 0 Å². The first-order chi connectivity index (χ1) is 6.93. The van der Waals surface area contributed by atoms with Gasteiger partial charge in [-0.05, 0) is 29.5 Å². The van der Waals surface area contributed by atoms with Crippen molar-refractivity contribution in [3.8, 4) is 0 Å². The van der Waals surface area contributed by atoms with Gasteiger partial charge in [0.2, 0.25) is 0 Å². The van der Waals surface area contributed by atoms with Crippen LogP contribution < -0.4 is 0 Å². The van der Waals surface area contributed by atoms with E-state index in [-0.39, 0.29) is 17.2 Å². The van der Waals surface area contributed by atoms with Crippen LogP contribution in [0.1, 0.15) is 26.3 Å². The molecule has 1 rings (SSSR count). The third-order valence-electron chi connectivity index (χ3n) is 2.65. The Balaban J connectivity index is 2.76. The maximum atomic E-state index is 12.7. The Kier molecular flexibility index (Phi) is 3.61. The van der Waals surface area contributed by atoms with Gasteiger partial charge < -0.3 is 4.79 Å². The van der Waals surface area contributed by atoms with Crippen LogP contribution >= 0.6 is 0 Å². The topological polar surface area (TPSA) is 17.1 Å². The summed E-state index contributed by atoms with van der Waals surface area (Å²) in [5.41, 5.74) is 0.958. The standard InChI is InChI=1S/C13H17FO/c1-13(2,3)11(9-15)8-10-4-6-12(14)7-5-10/h4-7,9,11H,8H2,1-3H3. The fourth-order valence-corrected chi connectivity index (χ4v) is 1.43. The number of hydrogen-bond donors (Lipinski definition) is 0. The summed E-state index contributed by atoms with van der Waals surface area (Å²) in [5.74, 6) is -0.264. The van der Waals surface area contributed by atoms with Crippen molar-refractivity contribution in [3.63, 3.8) is 0 Å². The smallest absolute Gasteiger partial charge is 0.123 e. The van der Waals surface area contributed by atoms with Crippen LogP contribution in [0.3, 0.4) is 0 Å². The Labute approximate surface area is 90.3 Å². The summed E-state index contributed by atoms with van der Waals surface area (Å²) in [6, 6.07) is 6.33. The van der Waals surface area contributed by atoms with Crippen LogP contribution in [0, 0.1) is 17.2 Å². The Morgan fingerprint density at radius 2 is 1.80 bits per heavy atom. The summed E-state index contributed by atoms with van der Waals surface area (Å²) in [6.45, 7) is 6.11. The van der Waals surface area contributed by atoms with Crippen LogP contribution in [0.25, 0.3) is 0 Å². The molecule has 0 aromatic heterocycles. The van der Waals surface area contributed by atoms with Crippen molar-refractivity contribution >= 4 is 6.29 Å². The Bertz CT molecular complexity index is 321. The molecule has 82 valence electrons. The lowest BCUT2D eigenvalue weighted by Crippen LogP contribution is -2.23.